The molecule has 4 nitrogen and oxygen atoms in total. The van der Waals surface area contributed by atoms with Gasteiger partial charge in [0.2, 0.25) is 10.0 Å². The first-order valence-electron chi connectivity index (χ1n) is 7.77. The van der Waals surface area contributed by atoms with Crippen molar-refractivity contribution >= 4 is 10.0 Å². The van der Waals surface area contributed by atoms with Gasteiger partial charge in [-0.3, -0.25) is 0 Å². The highest BCUT2D eigenvalue weighted by Gasteiger charge is 2.34. The van der Waals surface area contributed by atoms with Crippen molar-refractivity contribution in [1.82, 2.24) is 4.72 Å². The highest BCUT2D eigenvalue weighted by atomic mass is 32.2. The van der Waals surface area contributed by atoms with E-state index in [0.29, 0.717) is 11.4 Å². The minimum absolute atomic E-state index is 0.0553. The van der Waals surface area contributed by atoms with Gasteiger partial charge in [0, 0.05) is 18.6 Å². The molecule has 5 heteroatoms. The van der Waals surface area contributed by atoms with E-state index in [0.717, 1.165) is 50.5 Å². The molecular formula is C16H23NO3S. The van der Waals surface area contributed by atoms with E-state index in [1.807, 2.05) is 12.1 Å². The monoisotopic (exact) mass is 309 g/mol. The number of aryl methyl sites for hydroxylation is 2. The zero-order chi connectivity index (χ0) is 14.9. The molecule has 0 bridgehead atoms. The summed E-state index contributed by atoms with van der Waals surface area (Å²) in [6, 6.07) is 5.45. The average Bonchev–Trinajstić information content (AvgIpc) is 3.14. The topological polar surface area (TPSA) is 66.4 Å². The van der Waals surface area contributed by atoms with Crippen molar-refractivity contribution in [2.24, 2.45) is 5.41 Å². The fraction of sp³-hybridized carbons (Fsp3) is 0.625. The second kappa shape index (κ2) is 5.71. The number of benzene rings is 1. The summed E-state index contributed by atoms with van der Waals surface area (Å²) in [5.74, 6) is 0. The summed E-state index contributed by atoms with van der Waals surface area (Å²) < 4.78 is 27.6. The third-order valence-corrected chi connectivity index (χ3v) is 6.42. The zero-order valence-electron chi connectivity index (χ0n) is 12.3. The number of hydrogen-bond acceptors (Lipinski definition) is 3. The number of sulfonamides is 1. The first-order chi connectivity index (χ1) is 10.0. The van der Waals surface area contributed by atoms with Crippen LogP contribution >= 0.6 is 0 Å². The van der Waals surface area contributed by atoms with Crippen LogP contribution in [-0.4, -0.2) is 26.7 Å². The lowest BCUT2D eigenvalue weighted by Crippen LogP contribution is -2.38. The third kappa shape index (κ3) is 3.00. The molecule has 2 aliphatic carbocycles. The predicted molar refractivity (Wildman–Crippen MR) is 81.6 cm³/mol. The zero-order valence-corrected chi connectivity index (χ0v) is 13.1. The molecule has 1 aromatic carbocycles. The molecule has 0 heterocycles. The standard InChI is InChI=1S/C16H23NO3S/c18-12-16(8-1-2-9-16)11-17-21(19,20)15-7-6-13-4-3-5-14(13)10-15/h6-7,10,17-18H,1-5,8-9,11-12H2. The van der Waals surface area contributed by atoms with E-state index in [2.05, 4.69) is 4.72 Å². The minimum Gasteiger partial charge on any atom is -0.396 e. The number of hydrogen-bond donors (Lipinski definition) is 2. The number of aliphatic hydroxyl groups is 1. The summed E-state index contributed by atoms with van der Waals surface area (Å²) in [6.45, 7) is 0.391. The maximum atomic E-state index is 12.5. The van der Waals surface area contributed by atoms with Gasteiger partial charge in [0.15, 0.2) is 0 Å². The van der Waals surface area contributed by atoms with Crippen LogP contribution in [-0.2, 0) is 22.9 Å². The maximum Gasteiger partial charge on any atom is 0.240 e. The lowest BCUT2D eigenvalue weighted by molar-refractivity contribution is 0.134. The van der Waals surface area contributed by atoms with Crippen molar-refractivity contribution in [3.8, 4) is 0 Å². The molecule has 0 amide bonds. The van der Waals surface area contributed by atoms with Crippen molar-refractivity contribution in [3.63, 3.8) is 0 Å². The van der Waals surface area contributed by atoms with Crippen molar-refractivity contribution < 1.29 is 13.5 Å². The van der Waals surface area contributed by atoms with Crippen molar-refractivity contribution in [1.29, 1.82) is 0 Å². The van der Waals surface area contributed by atoms with Crippen molar-refractivity contribution in [2.75, 3.05) is 13.2 Å². The molecule has 0 unspecified atom stereocenters. The SMILES string of the molecule is O=S(=O)(NCC1(CO)CCCC1)c1ccc2c(c1)CCC2. The van der Waals surface area contributed by atoms with Crippen molar-refractivity contribution in [3.05, 3.63) is 29.3 Å². The molecule has 1 saturated carbocycles. The van der Waals surface area contributed by atoms with Gasteiger partial charge in [-0.2, -0.15) is 0 Å². The summed E-state index contributed by atoms with van der Waals surface area (Å²) >= 11 is 0. The van der Waals surface area contributed by atoms with Gasteiger partial charge in [-0.25, -0.2) is 13.1 Å². The van der Waals surface area contributed by atoms with E-state index in [1.165, 1.54) is 5.56 Å². The predicted octanol–water partition coefficient (Wildman–Crippen LogP) is 2.01. The fourth-order valence-electron chi connectivity index (χ4n) is 3.56. The molecule has 2 N–H and O–H groups in total. The van der Waals surface area contributed by atoms with Gasteiger partial charge in [-0.05, 0) is 55.4 Å². The first kappa shape index (κ1) is 15.0. The Morgan fingerprint density at radius 2 is 1.81 bits per heavy atom. The Kier molecular flexibility index (Phi) is 4.08. The molecule has 1 aromatic rings. The van der Waals surface area contributed by atoms with Gasteiger partial charge in [0.1, 0.15) is 0 Å². The molecule has 1 fully saturated rings. The van der Waals surface area contributed by atoms with Gasteiger partial charge in [-0.15, -0.1) is 0 Å². The van der Waals surface area contributed by atoms with E-state index < -0.39 is 10.0 Å². The Morgan fingerprint density at radius 3 is 2.52 bits per heavy atom. The van der Waals surface area contributed by atoms with Crippen LogP contribution in [0.15, 0.2) is 23.1 Å². The molecule has 116 valence electrons. The smallest absolute Gasteiger partial charge is 0.240 e. The second-order valence-electron chi connectivity index (χ2n) is 6.47. The number of aliphatic hydroxyl groups excluding tert-OH is 1. The van der Waals surface area contributed by atoms with E-state index >= 15 is 0 Å². The van der Waals surface area contributed by atoms with Gasteiger partial charge >= 0.3 is 0 Å². The normalized spacial score (nSPS) is 20.6. The highest BCUT2D eigenvalue weighted by Crippen LogP contribution is 2.37. The van der Waals surface area contributed by atoms with Crippen LogP contribution in [0.2, 0.25) is 0 Å². The van der Waals surface area contributed by atoms with Crippen molar-refractivity contribution in [2.45, 2.75) is 49.8 Å². The lowest BCUT2D eigenvalue weighted by atomic mass is 9.88. The molecule has 0 aliphatic heterocycles. The Balaban J connectivity index is 1.75. The Hall–Kier alpha value is -0.910. The highest BCUT2D eigenvalue weighted by molar-refractivity contribution is 7.89. The second-order valence-corrected chi connectivity index (χ2v) is 8.24. The van der Waals surface area contributed by atoms with Crippen LogP contribution in [0.1, 0.15) is 43.2 Å². The quantitative estimate of drug-likeness (QED) is 0.874. The van der Waals surface area contributed by atoms with Gasteiger partial charge < -0.3 is 5.11 Å². The molecule has 0 atom stereocenters. The third-order valence-electron chi connectivity index (χ3n) is 5.02. The molecule has 0 spiro atoms. The summed E-state index contributed by atoms with van der Waals surface area (Å²) in [7, 11) is -3.48. The van der Waals surface area contributed by atoms with Crippen LogP contribution in [0.25, 0.3) is 0 Å². The van der Waals surface area contributed by atoms with E-state index in [4.69, 9.17) is 0 Å². The number of fused-ring (bicyclic) bond motifs is 1. The first-order valence-corrected chi connectivity index (χ1v) is 9.25. The molecule has 21 heavy (non-hydrogen) atoms. The molecule has 3 rings (SSSR count). The van der Waals surface area contributed by atoms with Crippen LogP contribution in [0, 0.1) is 5.41 Å². The molecule has 0 radical (unpaired) electrons. The summed E-state index contributed by atoms with van der Waals surface area (Å²) in [5.41, 5.74) is 2.18. The molecule has 0 aromatic heterocycles. The maximum absolute atomic E-state index is 12.5. The van der Waals surface area contributed by atoms with Crippen LogP contribution in [0.4, 0.5) is 0 Å². The Bertz CT molecular complexity index is 618. The van der Waals surface area contributed by atoms with E-state index in [9.17, 15) is 13.5 Å². The molecular weight excluding hydrogens is 286 g/mol. The van der Waals surface area contributed by atoms with Crippen LogP contribution in [0.5, 0.6) is 0 Å². The average molecular weight is 309 g/mol. The Labute approximate surface area is 126 Å². The number of rotatable bonds is 5. The van der Waals surface area contributed by atoms with Gasteiger partial charge in [0.25, 0.3) is 0 Å². The fourth-order valence-corrected chi connectivity index (χ4v) is 4.77. The summed E-state index contributed by atoms with van der Waals surface area (Å²) in [6.07, 6.45) is 7.07. The van der Waals surface area contributed by atoms with Gasteiger partial charge in [0.05, 0.1) is 4.90 Å². The van der Waals surface area contributed by atoms with E-state index in [-0.39, 0.29) is 12.0 Å². The van der Waals surface area contributed by atoms with Crippen LogP contribution in [0.3, 0.4) is 0 Å². The largest absolute Gasteiger partial charge is 0.396 e. The minimum atomic E-state index is -3.48. The Morgan fingerprint density at radius 1 is 1.10 bits per heavy atom. The number of nitrogens with one attached hydrogen (secondary N) is 1. The van der Waals surface area contributed by atoms with E-state index in [1.54, 1.807) is 6.07 Å². The molecule has 0 saturated heterocycles. The summed E-state index contributed by atoms with van der Waals surface area (Å²) in [5, 5.41) is 9.58. The molecule has 2 aliphatic rings. The van der Waals surface area contributed by atoms with Crippen LogP contribution < -0.4 is 4.72 Å². The van der Waals surface area contributed by atoms with Gasteiger partial charge in [-0.1, -0.05) is 18.9 Å². The lowest BCUT2D eigenvalue weighted by Gasteiger charge is -2.26. The summed E-state index contributed by atoms with van der Waals surface area (Å²) in [4.78, 5) is 0.356.